The van der Waals surface area contributed by atoms with Crippen LogP contribution in [0.3, 0.4) is 0 Å². The molecule has 0 aromatic carbocycles. The Labute approximate surface area is 127 Å². The first-order valence-corrected chi connectivity index (χ1v) is 7.76. The van der Waals surface area contributed by atoms with Crippen molar-refractivity contribution in [3.8, 4) is 10.8 Å². The number of carboxylic acid groups (broad SMARTS) is 1. The molecule has 0 bridgehead atoms. The number of thiophene rings is 1. The highest BCUT2D eigenvalue weighted by Crippen LogP contribution is 2.31. The highest BCUT2D eigenvalue weighted by molar-refractivity contribution is 9.11. The van der Waals surface area contributed by atoms with Gasteiger partial charge in [-0.15, -0.1) is 21.5 Å². The van der Waals surface area contributed by atoms with Gasteiger partial charge in [0.05, 0.1) is 21.8 Å². The van der Waals surface area contributed by atoms with E-state index in [9.17, 15) is 4.79 Å². The molecule has 106 valence electrons. The van der Waals surface area contributed by atoms with Crippen LogP contribution in [0.5, 0.6) is 0 Å². The van der Waals surface area contributed by atoms with Crippen LogP contribution in [0, 0.1) is 0 Å². The number of hydrogen-bond acceptors (Lipinski definition) is 6. The summed E-state index contributed by atoms with van der Waals surface area (Å²) in [6.07, 6.45) is 2.07. The van der Waals surface area contributed by atoms with Crippen LogP contribution in [0.4, 0.5) is 0 Å². The number of halogens is 1. The predicted octanol–water partition coefficient (Wildman–Crippen LogP) is 2.61. The lowest BCUT2D eigenvalue weighted by Gasteiger charge is -2.16. The van der Waals surface area contributed by atoms with Crippen molar-refractivity contribution in [2.24, 2.45) is 0 Å². The second-order valence-electron chi connectivity index (χ2n) is 4.63. The van der Waals surface area contributed by atoms with Crippen molar-refractivity contribution in [2.75, 3.05) is 6.54 Å². The van der Waals surface area contributed by atoms with Crippen molar-refractivity contribution in [3.05, 3.63) is 21.8 Å². The van der Waals surface area contributed by atoms with E-state index >= 15 is 0 Å². The molecule has 2 aromatic rings. The van der Waals surface area contributed by atoms with Gasteiger partial charge in [0.1, 0.15) is 0 Å². The van der Waals surface area contributed by atoms with Crippen LogP contribution in [-0.2, 0) is 11.3 Å². The first-order chi connectivity index (χ1) is 9.61. The van der Waals surface area contributed by atoms with E-state index < -0.39 is 5.97 Å². The molecule has 1 aliphatic carbocycles. The zero-order valence-corrected chi connectivity index (χ0v) is 12.9. The number of hydrogen-bond donors (Lipinski definition) is 1. The average molecular weight is 358 g/mol. The molecule has 8 heteroatoms. The molecule has 0 saturated heterocycles. The number of nitrogens with zero attached hydrogens (tertiary/aromatic N) is 3. The number of carbonyl (C=O) groups is 1. The first-order valence-electron chi connectivity index (χ1n) is 6.16. The number of aliphatic carboxylic acids is 1. The third-order valence-corrected chi connectivity index (χ3v) is 4.60. The average Bonchev–Trinajstić information content (AvgIpc) is 2.99. The fourth-order valence-corrected chi connectivity index (χ4v) is 3.25. The monoisotopic (exact) mass is 357 g/mol. The second kappa shape index (κ2) is 5.63. The lowest BCUT2D eigenvalue weighted by Crippen LogP contribution is -2.31. The smallest absolute Gasteiger partial charge is 0.317 e. The Balaban J connectivity index is 1.71. The second-order valence-corrected chi connectivity index (χ2v) is 7.10. The highest BCUT2D eigenvalue weighted by atomic mass is 79.9. The van der Waals surface area contributed by atoms with E-state index in [2.05, 4.69) is 26.1 Å². The maximum absolute atomic E-state index is 10.8. The van der Waals surface area contributed by atoms with Crippen molar-refractivity contribution < 1.29 is 14.3 Å². The molecular weight excluding hydrogens is 346 g/mol. The van der Waals surface area contributed by atoms with Crippen molar-refractivity contribution in [3.63, 3.8) is 0 Å². The van der Waals surface area contributed by atoms with Crippen LogP contribution in [0.25, 0.3) is 10.8 Å². The summed E-state index contributed by atoms with van der Waals surface area (Å²) >= 11 is 4.90. The molecule has 1 aliphatic rings. The van der Waals surface area contributed by atoms with E-state index in [0.717, 1.165) is 21.5 Å². The quantitative estimate of drug-likeness (QED) is 0.855. The summed E-state index contributed by atoms with van der Waals surface area (Å²) in [4.78, 5) is 13.6. The number of aromatic nitrogens is 2. The molecule has 0 aliphatic heterocycles. The molecule has 6 nitrogen and oxygen atoms in total. The summed E-state index contributed by atoms with van der Waals surface area (Å²) in [6.45, 7) is 0.392. The van der Waals surface area contributed by atoms with E-state index in [1.165, 1.54) is 11.3 Å². The zero-order valence-electron chi connectivity index (χ0n) is 10.5. The normalized spacial score (nSPS) is 14.9. The van der Waals surface area contributed by atoms with E-state index in [-0.39, 0.29) is 6.54 Å². The van der Waals surface area contributed by atoms with Gasteiger partial charge < -0.3 is 9.52 Å². The molecule has 1 N–H and O–H groups in total. The Hall–Kier alpha value is -1.25. The first kappa shape index (κ1) is 13.7. The van der Waals surface area contributed by atoms with E-state index in [1.807, 2.05) is 17.0 Å². The van der Waals surface area contributed by atoms with Crippen molar-refractivity contribution >= 4 is 33.2 Å². The van der Waals surface area contributed by atoms with Crippen LogP contribution in [0.15, 0.2) is 20.3 Å². The Kier molecular flexibility index (Phi) is 3.86. The molecule has 20 heavy (non-hydrogen) atoms. The van der Waals surface area contributed by atoms with Gasteiger partial charge in [-0.1, -0.05) is 0 Å². The maximum Gasteiger partial charge on any atom is 0.317 e. The zero-order chi connectivity index (χ0) is 14.1. The van der Waals surface area contributed by atoms with Crippen LogP contribution in [0.1, 0.15) is 18.7 Å². The van der Waals surface area contributed by atoms with Gasteiger partial charge in [-0.05, 0) is 40.9 Å². The van der Waals surface area contributed by atoms with Crippen LogP contribution < -0.4 is 0 Å². The van der Waals surface area contributed by atoms with E-state index in [4.69, 9.17) is 9.52 Å². The molecule has 3 rings (SSSR count). The molecule has 1 fully saturated rings. The van der Waals surface area contributed by atoms with Crippen molar-refractivity contribution in [1.82, 2.24) is 15.1 Å². The molecule has 2 heterocycles. The summed E-state index contributed by atoms with van der Waals surface area (Å²) < 4.78 is 6.60. The summed E-state index contributed by atoms with van der Waals surface area (Å²) in [6, 6.07) is 4.16. The predicted molar refractivity (Wildman–Crippen MR) is 76.4 cm³/mol. The van der Waals surface area contributed by atoms with E-state index in [0.29, 0.717) is 24.4 Å². The number of carboxylic acids is 1. The molecule has 0 unspecified atom stereocenters. The van der Waals surface area contributed by atoms with Gasteiger partial charge in [-0.25, -0.2) is 0 Å². The Bertz CT molecular complexity index is 623. The van der Waals surface area contributed by atoms with Crippen LogP contribution in [0.2, 0.25) is 0 Å². The molecule has 1 saturated carbocycles. The van der Waals surface area contributed by atoms with Gasteiger partial charge in [0.25, 0.3) is 5.89 Å². The van der Waals surface area contributed by atoms with Crippen molar-refractivity contribution in [1.29, 1.82) is 0 Å². The van der Waals surface area contributed by atoms with Crippen LogP contribution >= 0.6 is 27.3 Å². The Morgan fingerprint density at radius 3 is 2.90 bits per heavy atom. The third-order valence-electron chi connectivity index (χ3n) is 2.99. The third kappa shape index (κ3) is 3.25. The van der Waals surface area contributed by atoms with Gasteiger partial charge in [-0.3, -0.25) is 9.69 Å². The molecule has 2 aromatic heterocycles. The summed E-state index contributed by atoms with van der Waals surface area (Å²) in [5.41, 5.74) is 0. The SMILES string of the molecule is O=C(O)CN(Cc1nnc(-c2ccc(Br)s2)o1)C1CC1. The summed E-state index contributed by atoms with van der Waals surface area (Å²) in [5.74, 6) is 0.0956. The molecule has 0 radical (unpaired) electrons. The largest absolute Gasteiger partial charge is 0.480 e. The minimum atomic E-state index is -0.834. The van der Waals surface area contributed by atoms with Crippen molar-refractivity contribution in [2.45, 2.75) is 25.4 Å². The summed E-state index contributed by atoms with van der Waals surface area (Å²) in [7, 11) is 0. The lowest BCUT2D eigenvalue weighted by atomic mass is 10.4. The maximum atomic E-state index is 10.8. The molecule has 0 spiro atoms. The minimum absolute atomic E-state index is 0.00688. The lowest BCUT2D eigenvalue weighted by molar-refractivity contribution is -0.138. The topological polar surface area (TPSA) is 79.5 Å². The molecule has 0 amide bonds. The van der Waals surface area contributed by atoms with Gasteiger partial charge in [0.2, 0.25) is 5.89 Å². The number of rotatable bonds is 6. The molecular formula is C12H12BrN3O3S. The van der Waals surface area contributed by atoms with Gasteiger partial charge in [0, 0.05) is 6.04 Å². The van der Waals surface area contributed by atoms with Crippen LogP contribution in [-0.4, -0.2) is 38.8 Å². The summed E-state index contributed by atoms with van der Waals surface area (Å²) in [5, 5.41) is 16.9. The van der Waals surface area contributed by atoms with Gasteiger partial charge in [-0.2, -0.15) is 0 Å². The minimum Gasteiger partial charge on any atom is -0.480 e. The molecule has 0 atom stereocenters. The van der Waals surface area contributed by atoms with E-state index in [1.54, 1.807) is 0 Å². The fraction of sp³-hybridized carbons (Fsp3) is 0.417. The Morgan fingerprint density at radius 1 is 1.50 bits per heavy atom. The van der Waals surface area contributed by atoms with Gasteiger partial charge >= 0.3 is 5.97 Å². The fourth-order valence-electron chi connectivity index (χ4n) is 1.95. The Morgan fingerprint density at radius 2 is 2.30 bits per heavy atom. The van der Waals surface area contributed by atoms with Gasteiger partial charge in [0.15, 0.2) is 0 Å². The highest BCUT2D eigenvalue weighted by Gasteiger charge is 2.31. The standard InChI is InChI=1S/C12H12BrN3O3S/c13-9-4-3-8(20-9)12-15-14-10(19-12)5-16(6-11(17)18)7-1-2-7/h3-4,7H,1-2,5-6H2,(H,17,18).